The van der Waals surface area contributed by atoms with Crippen molar-refractivity contribution in [3.63, 3.8) is 0 Å². The molecule has 1 amide bonds. The molecule has 1 N–H and O–H groups in total. The predicted molar refractivity (Wildman–Crippen MR) is 147 cm³/mol. The number of unbranched alkanes of at least 4 members (excludes halogenated alkanes) is 2. The monoisotopic (exact) mass is 547 g/mol. The summed E-state index contributed by atoms with van der Waals surface area (Å²) in [6.45, 7) is 5.80. The molecule has 1 atom stereocenters. The van der Waals surface area contributed by atoms with Gasteiger partial charge in [0.2, 0.25) is 0 Å². The molecule has 2 aliphatic rings. The lowest BCUT2D eigenvalue weighted by atomic mass is 9.94. The molecule has 9 nitrogen and oxygen atoms in total. The van der Waals surface area contributed by atoms with Crippen molar-refractivity contribution in [1.82, 2.24) is 4.90 Å². The van der Waals surface area contributed by atoms with Crippen LogP contribution in [0.5, 0.6) is 23.0 Å². The van der Waals surface area contributed by atoms with Gasteiger partial charge in [-0.05, 0) is 61.4 Å². The highest BCUT2D eigenvalue weighted by atomic mass is 16.6. The molecule has 0 saturated carbocycles. The molecule has 9 heteroatoms. The Hall–Kier alpha value is -4.40. The molecular weight excluding hydrogens is 514 g/mol. The van der Waals surface area contributed by atoms with E-state index in [0.717, 1.165) is 19.3 Å². The Balaban J connectivity index is 1.58. The molecule has 0 spiro atoms. The maximum absolute atomic E-state index is 13.5. The molecule has 2 aromatic carbocycles. The van der Waals surface area contributed by atoms with Gasteiger partial charge in [0.15, 0.2) is 23.0 Å². The normalized spacial score (nSPS) is 17.8. The molecule has 3 heterocycles. The van der Waals surface area contributed by atoms with Crippen molar-refractivity contribution in [3.8, 4) is 23.0 Å². The summed E-state index contributed by atoms with van der Waals surface area (Å²) in [6, 6.07) is 12.8. The van der Waals surface area contributed by atoms with Gasteiger partial charge in [-0.15, -0.1) is 0 Å². The van der Waals surface area contributed by atoms with Crippen LogP contribution in [-0.4, -0.2) is 48.1 Å². The minimum atomic E-state index is -0.897. The summed E-state index contributed by atoms with van der Waals surface area (Å²) in [5.41, 5.74) is 0.896. The van der Waals surface area contributed by atoms with Gasteiger partial charge >= 0.3 is 0 Å². The molecule has 0 unspecified atom stereocenters. The lowest BCUT2D eigenvalue weighted by Gasteiger charge is -2.25. The summed E-state index contributed by atoms with van der Waals surface area (Å²) in [5.74, 6) is 0.761. The SMILES string of the molecule is CCCCCOc1ccc([C@@H]2/C(=C(\O)c3ccc4c(c3)OCCO4)C(=O)C(=O)N2Cc2ccco2)cc1OCC. The maximum Gasteiger partial charge on any atom is 0.296 e. The highest BCUT2D eigenvalue weighted by molar-refractivity contribution is 6.46. The second-order valence-electron chi connectivity index (χ2n) is 9.56. The van der Waals surface area contributed by atoms with Gasteiger partial charge < -0.3 is 33.4 Å². The third-order valence-corrected chi connectivity index (χ3v) is 6.85. The summed E-state index contributed by atoms with van der Waals surface area (Å²) in [6.07, 6.45) is 4.57. The van der Waals surface area contributed by atoms with Crippen molar-refractivity contribution >= 4 is 17.4 Å². The van der Waals surface area contributed by atoms with Crippen LogP contribution in [0.1, 0.15) is 56.0 Å². The molecule has 3 aromatic rings. The van der Waals surface area contributed by atoms with Gasteiger partial charge in [-0.25, -0.2) is 0 Å². The molecule has 1 aromatic heterocycles. The highest BCUT2D eigenvalue weighted by Crippen LogP contribution is 2.43. The first kappa shape index (κ1) is 27.2. The van der Waals surface area contributed by atoms with Crippen LogP contribution in [0.25, 0.3) is 5.76 Å². The van der Waals surface area contributed by atoms with Gasteiger partial charge in [-0.1, -0.05) is 25.8 Å². The number of hydrogen-bond acceptors (Lipinski definition) is 8. The molecule has 40 heavy (non-hydrogen) atoms. The van der Waals surface area contributed by atoms with Crippen molar-refractivity contribution in [2.75, 3.05) is 26.4 Å². The number of Topliss-reactive ketones (excluding diaryl/α,β-unsaturated/α-hetero) is 1. The van der Waals surface area contributed by atoms with Crippen LogP contribution in [0, 0.1) is 0 Å². The summed E-state index contributed by atoms with van der Waals surface area (Å²) in [5, 5.41) is 11.5. The van der Waals surface area contributed by atoms with E-state index in [0.29, 0.717) is 66.3 Å². The minimum Gasteiger partial charge on any atom is -0.507 e. The van der Waals surface area contributed by atoms with E-state index < -0.39 is 17.7 Å². The molecule has 5 rings (SSSR count). The number of furan rings is 1. The minimum absolute atomic E-state index is 0.0349. The Morgan fingerprint density at radius 3 is 2.55 bits per heavy atom. The van der Waals surface area contributed by atoms with Gasteiger partial charge in [0, 0.05) is 5.56 Å². The lowest BCUT2D eigenvalue weighted by Crippen LogP contribution is -2.29. The highest BCUT2D eigenvalue weighted by Gasteiger charge is 2.46. The number of ketones is 1. The van der Waals surface area contributed by atoms with Gasteiger partial charge in [-0.2, -0.15) is 0 Å². The number of ether oxygens (including phenoxy) is 4. The Kier molecular flexibility index (Phi) is 8.28. The maximum atomic E-state index is 13.5. The Bertz CT molecular complexity index is 1390. The van der Waals surface area contributed by atoms with Crippen molar-refractivity contribution in [1.29, 1.82) is 0 Å². The van der Waals surface area contributed by atoms with Crippen molar-refractivity contribution < 1.29 is 38.1 Å². The second-order valence-corrected chi connectivity index (χ2v) is 9.56. The summed E-state index contributed by atoms with van der Waals surface area (Å²) in [7, 11) is 0. The number of carbonyl (C=O) groups is 2. The van der Waals surface area contributed by atoms with Crippen LogP contribution in [0.4, 0.5) is 0 Å². The summed E-state index contributed by atoms with van der Waals surface area (Å²) in [4.78, 5) is 28.2. The molecule has 2 aliphatic heterocycles. The zero-order chi connectivity index (χ0) is 28.1. The number of rotatable bonds is 11. The number of aliphatic hydroxyl groups is 1. The number of carbonyl (C=O) groups excluding carboxylic acids is 2. The quantitative estimate of drug-likeness (QED) is 0.142. The average molecular weight is 548 g/mol. The molecule has 1 saturated heterocycles. The van der Waals surface area contributed by atoms with E-state index in [2.05, 4.69) is 6.92 Å². The first-order chi connectivity index (χ1) is 19.5. The predicted octanol–water partition coefficient (Wildman–Crippen LogP) is 5.64. The van der Waals surface area contributed by atoms with Crippen LogP contribution in [0.15, 0.2) is 64.8 Å². The Labute approximate surface area is 232 Å². The summed E-state index contributed by atoms with van der Waals surface area (Å²) >= 11 is 0. The number of nitrogens with zero attached hydrogens (tertiary/aromatic N) is 1. The van der Waals surface area contributed by atoms with Crippen LogP contribution < -0.4 is 18.9 Å². The van der Waals surface area contributed by atoms with Gasteiger partial charge in [-0.3, -0.25) is 9.59 Å². The first-order valence-corrected chi connectivity index (χ1v) is 13.6. The largest absolute Gasteiger partial charge is 0.507 e. The third-order valence-electron chi connectivity index (χ3n) is 6.85. The van der Waals surface area contributed by atoms with E-state index in [4.69, 9.17) is 23.4 Å². The molecule has 210 valence electrons. The molecule has 1 fully saturated rings. The van der Waals surface area contributed by atoms with E-state index in [1.807, 2.05) is 6.92 Å². The van der Waals surface area contributed by atoms with Gasteiger partial charge in [0.1, 0.15) is 24.7 Å². The number of fused-ring (bicyclic) bond motifs is 1. The molecule has 0 bridgehead atoms. The fourth-order valence-corrected chi connectivity index (χ4v) is 4.92. The lowest BCUT2D eigenvalue weighted by molar-refractivity contribution is -0.140. The van der Waals surface area contributed by atoms with Crippen molar-refractivity contribution in [2.45, 2.75) is 45.7 Å². The Morgan fingerprint density at radius 2 is 1.80 bits per heavy atom. The second kappa shape index (κ2) is 12.2. The number of aliphatic hydroxyl groups excluding tert-OH is 1. The number of benzene rings is 2. The number of amides is 1. The standard InChI is InChI=1S/C31H33NO8/c1-3-5-6-13-38-23-11-9-20(17-25(23)36-4-2)28-27(30(34)31(35)32(28)19-22-8-7-14-37-22)29(33)21-10-12-24-26(18-21)40-16-15-39-24/h7-12,14,17-18,28,33H,3-6,13,15-16,19H2,1-2H3/b29-27+/t28-/m1/s1. The first-order valence-electron chi connectivity index (χ1n) is 13.6. The van der Waals surface area contributed by atoms with Crippen LogP contribution in [0.2, 0.25) is 0 Å². The Morgan fingerprint density at radius 1 is 0.975 bits per heavy atom. The zero-order valence-electron chi connectivity index (χ0n) is 22.7. The summed E-state index contributed by atoms with van der Waals surface area (Å²) < 4.78 is 28.6. The van der Waals surface area contributed by atoms with E-state index in [1.165, 1.54) is 11.2 Å². The third kappa shape index (κ3) is 5.50. The van der Waals surface area contributed by atoms with Crippen LogP contribution in [-0.2, 0) is 16.1 Å². The molecule has 0 aliphatic carbocycles. The van der Waals surface area contributed by atoms with Crippen LogP contribution >= 0.6 is 0 Å². The number of likely N-dealkylation sites (tertiary alicyclic amines) is 1. The van der Waals surface area contributed by atoms with Crippen LogP contribution in [0.3, 0.4) is 0 Å². The van der Waals surface area contributed by atoms with Gasteiger partial charge in [0.05, 0.1) is 37.6 Å². The number of hydrogen-bond donors (Lipinski definition) is 1. The molecular formula is C31H33NO8. The average Bonchev–Trinajstić information content (AvgIpc) is 3.58. The topological polar surface area (TPSA) is 108 Å². The molecule has 0 radical (unpaired) electrons. The smallest absolute Gasteiger partial charge is 0.296 e. The van der Waals surface area contributed by atoms with Crippen molar-refractivity contribution in [3.05, 3.63) is 77.3 Å². The fourth-order valence-electron chi connectivity index (χ4n) is 4.92. The van der Waals surface area contributed by atoms with E-state index in [1.54, 1.807) is 48.5 Å². The van der Waals surface area contributed by atoms with E-state index >= 15 is 0 Å². The zero-order valence-corrected chi connectivity index (χ0v) is 22.7. The van der Waals surface area contributed by atoms with E-state index in [9.17, 15) is 14.7 Å². The van der Waals surface area contributed by atoms with Crippen molar-refractivity contribution in [2.24, 2.45) is 0 Å². The van der Waals surface area contributed by atoms with Gasteiger partial charge in [0.25, 0.3) is 11.7 Å². The fraction of sp³-hybridized carbons (Fsp3) is 0.355. The van der Waals surface area contributed by atoms with E-state index in [-0.39, 0.29) is 17.9 Å².